The number of fused-ring (bicyclic) bond motifs is 1. The summed E-state index contributed by atoms with van der Waals surface area (Å²) in [5.41, 5.74) is 2.20. The van der Waals surface area contributed by atoms with Gasteiger partial charge in [0.05, 0.1) is 24.4 Å². The zero-order chi connectivity index (χ0) is 22.8. The van der Waals surface area contributed by atoms with Gasteiger partial charge in [-0.25, -0.2) is 0 Å². The van der Waals surface area contributed by atoms with Crippen molar-refractivity contribution in [2.75, 3.05) is 45.1 Å². The van der Waals surface area contributed by atoms with Crippen molar-refractivity contribution >= 4 is 62.9 Å². The Morgan fingerprint density at radius 2 is 2.00 bits per heavy atom. The third-order valence-corrected chi connectivity index (χ3v) is 7.94. The number of anilines is 1. The van der Waals surface area contributed by atoms with Crippen LogP contribution in [-0.2, 0) is 14.9 Å². The molecule has 0 unspecified atom stereocenters. The summed E-state index contributed by atoms with van der Waals surface area (Å²) in [6.45, 7) is 3.12. The molecule has 2 heterocycles. The van der Waals surface area contributed by atoms with Gasteiger partial charge in [0.2, 0.25) is 5.78 Å². The van der Waals surface area contributed by atoms with Gasteiger partial charge >= 0.3 is 10.2 Å². The lowest BCUT2D eigenvalue weighted by Gasteiger charge is -2.26. The molecule has 0 bridgehead atoms. The maximum Gasteiger partial charge on any atom is 0.301 e. The van der Waals surface area contributed by atoms with Gasteiger partial charge in [-0.2, -0.15) is 18.0 Å². The van der Waals surface area contributed by atoms with Gasteiger partial charge in [-0.1, -0.05) is 0 Å². The summed E-state index contributed by atoms with van der Waals surface area (Å²) < 4.78 is 36.5. The monoisotopic (exact) mass is 575 g/mol. The second-order valence-corrected chi connectivity index (χ2v) is 10.5. The highest BCUT2D eigenvalue weighted by atomic mass is 127. The zero-order valence-corrected chi connectivity index (χ0v) is 21.0. The normalized spacial score (nSPS) is 15.6. The molecule has 1 fully saturated rings. The molecule has 1 aliphatic rings. The van der Waals surface area contributed by atoms with E-state index < -0.39 is 16.0 Å². The number of carbonyl (C=O) groups is 1. The maximum absolute atomic E-state index is 13.0. The van der Waals surface area contributed by atoms with Crippen molar-refractivity contribution in [3.63, 3.8) is 0 Å². The second kappa shape index (κ2) is 9.78. The minimum absolute atomic E-state index is 0.0180. The number of halogens is 1. The number of hydrogen-bond donors (Lipinski definition) is 1. The van der Waals surface area contributed by atoms with Gasteiger partial charge in [0.25, 0.3) is 0 Å². The van der Waals surface area contributed by atoms with Crippen LogP contribution in [0.4, 0.5) is 5.69 Å². The molecule has 0 atom stereocenters. The predicted molar refractivity (Wildman–Crippen MR) is 130 cm³/mol. The lowest BCUT2D eigenvalue weighted by atomic mass is 10.1. The lowest BCUT2D eigenvalue weighted by molar-refractivity contribution is 0.0733. The molecule has 9 nitrogen and oxygen atoms in total. The Bertz CT molecular complexity index is 1180. The number of morpholine rings is 1. The Kier molecular flexibility index (Phi) is 7.53. The summed E-state index contributed by atoms with van der Waals surface area (Å²) in [6.07, 6.45) is 1.48. The van der Waals surface area contributed by atoms with E-state index in [0.717, 1.165) is 10.9 Å². The first-order valence-corrected chi connectivity index (χ1v) is 14.1. The van der Waals surface area contributed by atoms with Crippen LogP contribution in [0.1, 0.15) is 16.1 Å². The van der Waals surface area contributed by atoms with Gasteiger partial charge < -0.3 is 9.64 Å². The number of carbonyl (C=O) groups excluding carboxylic acids is 1. The number of aromatic nitrogens is 1. The standard InChI is InChI=1S/C19H22IN5O4S2/c1-13-8-14-9-18(19(26)15(11-21)12-23(2)3)25(30-20)17(14)10-16(13)22-31(27,28)24-4-6-29-7-5-24/h8-10,12,22H,4-7H2,1-3H3/b15-12+. The van der Waals surface area contributed by atoms with E-state index in [4.69, 9.17) is 4.74 Å². The number of rotatable bonds is 7. The number of aryl methyl sites for hydroxylation is 1. The molecule has 0 amide bonds. The molecule has 0 radical (unpaired) electrons. The molecule has 1 aliphatic heterocycles. The Labute approximate surface area is 197 Å². The molecule has 0 aliphatic carbocycles. The summed E-state index contributed by atoms with van der Waals surface area (Å²) in [5.74, 6) is -0.398. The first kappa shape index (κ1) is 23.9. The number of hydrogen-bond acceptors (Lipinski definition) is 7. The van der Waals surface area contributed by atoms with Gasteiger partial charge in [-0.05, 0) is 30.7 Å². The molecule has 0 saturated carbocycles. The summed E-state index contributed by atoms with van der Waals surface area (Å²) in [4.78, 5) is 14.6. The summed E-state index contributed by atoms with van der Waals surface area (Å²) in [5, 5.41) is 10.2. The molecular weight excluding hydrogens is 553 g/mol. The Morgan fingerprint density at radius 3 is 2.58 bits per heavy atom. The number of nitrogens with zero attached hydrogens (tertiary/aromatic N) is 4. The fourth-order valence-electron chi connectivity index (χ4n) is 3.21. The second-order valence-electron chi connectivity index (χ2n) is 7.18. The van der Waals surface area contributed by atoms with Crippen molar-refractivity contribution < 1.29 is 17.9 Å². The fraction of sp³-hybridized carbons (Fsp3) is 0.368. The Hall–Kier alpha value is -1.79. The van der Waals surface area contributed by atoms with Crippen LogP contribution in [0.2, 0.25) is 0 Å². The quantitative estimate of drug-likeness (QED) is 0.234. The van der Waals surface area contributed by atoms with E-state index in [1.807, 2.05) is 12.1 Å². The molecule has 12 heteroatoms. The third-order valence-electron chi connectivity index (χ3n) is 4.71. The van der Waals surface area contributed by atoms with E-state index in [9.17, 15) is 18.5 Å². The van der Waals surface area contributed by atoms with E-state index in [-0.39, 0.29) is 5.57 Å². The van der Waals surface area contributed by atoms with Crippen LogP contribution in [0.3, 0.4) is 0 Å². The maximum atomic E-state index is 13.0. The average molecular weight is 575 g/mol. The number of nitrogens with one attached hydrogen (secondary N) is 1. The third kappa shape index (κ3) is 5.17. The van der Waals surface area contributed by atoms with E-state index in [0.29, 0.717) is 43.2 Å². The molecule has 1 N–H and O–H groups in total. The van der Waals surface area contributed by atoms with Crippen LogP contribution in [0.5, 0.6) is 0 Å². The van der Waals surface area contributed by atoms with Crippen molar-refractivity contribution in [3.05, 3.63) is 41.2 Å². The molecule has 3 rings (SSSR count). The minimum Gasteiger partial charge on any atom is -0.382 e. The topological polar surface area (TPSA) is 108 Å². The number of nitriles is 1. The predicted octanol–water partition coefficient (Wildman–Crippen LogP) is 2.94. The molecule has 1 aromatic carbocycles. The first-order valence-electron chi connectivity index (χ1n) is 9.32. The van der Waals surface area contributed by atoms with Gasteiger partial charge in [0, 0.05) is 69.1 Å². The SMILES string of the molecule is Cc1cc2cc(C(=O)/C(C#N)=C/N(C)C)n(SI)c2cc1NS(=O)(=O)N1CCOCC1. The fourth-order valence-corrected chi connectivity index (χ4v) is 6.19. The van der Waals surface area contributed by atoms with Gasteiger partial charge in [-0.15, -0.1) is 0 Å². The average Bonchev–Trinajstić information content (AvgIpc) is 3.09. The van der Waals surface area contributed by atoms with Crippen LogP contribution in [0, 0.1) is 18.3 Å². The Balaban J connectivity index is 2.03. The highest BCUT2D eigenvalue weighted by molar-refractivity contribution is 14.2. The van der Waals surface area contributed by atoms with Crippen molar-refractivity contribution in [1.29, 1.82) is 5.26 Å². The lowest BCUT2D eigenvalue weighted by Crippen LogP contribution is -2.43. The number of benzene rings is 1. The highest BCUT2D eigenvalue weighted by Gasteiger charge is 2.26. The molecule has 31 heavy (non-hydrogen) atoms. The number of allylic oxidation sites excluding steroid dienone is 1. The minimum atomic E-state index is -3.73. The van der Waals surface area contributed by atoms with Crippen LogP contribution in [0.15, 0.2) is 30.0 Å². The molecule has 1 saturated heterocycles. The van der Waals surface area contributed by atoms with Crippen LogP contribution in [-0.4, -0.2) is 67.8 Å². The van der Waals surface area contributed by atoms with Gasteiger partial charge in [0.1, 0.15) is 17.3 Å². The van der Waals surface area contributed by atoms with Crippen molar-refractivity contribution in [2.24, 2.45) is 0 Å². The van der Waals surface area contributed by atoms with Crippen molar-refractivity contribution in [1.82, 2.24) is 13.2 Å². The molecule has 0 spiro atoms. The number of ether oxygens (including phenoxy) is 1. The summed E-state index contributed by atoms with van der Waals surface area (Å²) in [7, 11) is 1.03. The molecule has 166 valence electrons. The van der Waals surface area contributed by atoms with Gasteiger partial charge in [0.15, 0.2) is 0 Å². The van der Waals surface area contributed by atoms with Crippen LogP contribution >= 0.6 is 30.3 Å². The molecule has 1 aromatic heterocycles. The largest absolute Gasteiger partial charge is 0.382 e. The number of Topliss-reactive ketones (excluding diaryl/α,β-unsaturated/α-hetero) is 1. The van der Waals surface area contributed by atoms with E-state index >= 15 is 0 Å². The van der Waals surface area contributed by atoms with Gasteiger partial charge in [-0.3, -0.25) is 13.5 Å². The van der Waals surface area contributed by atoms with E-state index in [1.54, 1.807) is 42.0 Å². The number of ketones is 1. The van der Waals surface area contributed by atoms with E-state index in [1.165, 1.54) is 19.6 Å². The van der Waals surface area contributed by atoms with E-state index in [2.05, 4.69) is 25.9 Å². The smallest absolute Gasteiger partial charge is 0.301 e. The van der Waals surface area contributed by atoms with Crippen molar-refractivity contribution in [3.8, 4) is 6.07 Å². The first-order chi connectivity index (χ1) is 14.7. The highest BCUT2D eigenvalue weighted by Crippen LogP contribution is 2.33. The Morgan fingerprint density at radius 1 is 1.32 bits per heavy atom. The van der Waals surface area contributed by atoms with Crippen LogP contribution in [0.25, 0.3) is 10.9 Å². The molecule has 2 aromatic rings. The zero-order valence-electron chi connectivity index (χ0n) is 17.3. The summed E-state index contributed by atoms with van der Waals surface area (Å²) >= 11 is 2.06. The van der Waals surface area contributed by atoms with Crippen LogP contribution < -0.4 is 4.72 Å². The summed E-state index contributed by atoms with van der Waals surface area (Å²) in [6, 6.07) is 7.22. The van der Waals surface area contributed by atoms with Crippen molar-refractivity contribution in [2.45, 2.75) is 6.92 Å². The molecular formula is C19H22IN5O4S2.